The molecule has 0 radical (unpaired) electrons. The summed E-state index contributed by atoms with van der Waals surface area (Å²) in [4.78, 5) is 16.7. The van der Waals surface area contributed by atoms with Gasteiger partial charge in [-0.05, 0) is 43.5 Å². The van der Waals surface area contributed by atoms with E-state index in [1.54, 1.807) is 0 Å². The molecule has 1 aromatic rings. The van der Waals surface area contributed by atoms with E-state index in [1.165, 1.54) is 11.3 Å². The molecule has 5 heteroatoms. The highest BCUT2D eigenvalue weighted by atomic mass is 16.2. The summed E-state index contributed by atoms with van der Waals surface area (Å²) in [6.45, 7) is 12.1. The molecule has 1 amide bonds. The molecule has 5 nitrogen and oxygen atoms in total. The van der Waals surface area contributed by atoms with Gasteiger partial charge in [0.15, 0.2) is 0 Å². The van der Waals surface area contributed by atoms with Crippen molar-refractivity contribution < 1.29 is 4.79 Å². The maximum Gasteiger partial charge on any atom is 0.237 e. The number of nitrogens with two attached hydrogens (primary N) is 1. The van der Waals surface area contributed by atoms with Crippen molar-refractivity contribution in [2.24, 2.45) is 11.7 Å². The van der Waals surface area contributed by atoms with E-state index in [0.29, 0.717) is 6.54 Å². The number of hydrogen-bond donors (Lipinski definition) is 2. The highest BCUT2D eigenvalue weighted by molar-refractivity contribution is 5.81. The molecule has 0 aromatic heterocycles. The zero-order chi connectivity index (χ0) is 17.5. The van der Waals surface area contributed by atoms with Crippen LogP contribution in [0.15, 0.2) is 24.3 Å². The van der Waals surface area contributed by atoms with Gasteiger partial charge in [-0.25, -0.2) is 0 Å². The van der Waals surface area contributed by atoms with Crippen molar-refractivity contribution in [3.8, 4) is 0 Å². The number of nitrogens with zero attached hydrogens (tertiary/aromatic N) is 2. The van der Waals surface area contributed by atoms with E-state index >= 15 is 0 Å². The Balaban J connectivity index is 1.64. The Morgan fingerprint density at radius 1 is 1.25 bits per heavy atom. The highest BCUT2D eigenvalue weighted by Gasteiger charge is 2.18. The number of carbonyl (C=O) groups excluding carboxylic acids is 1. The fourth-order valence-electron chi connectivity index (χ4n) is 2.99. The molecule has 1 atom stereocenters. The summed E-state index contributed by atoms with van der Waals surface area (Å²) in [6.07, 6.45) is 0.973. The molecule has 1 aliphatic rings. The maximum absolute atomic E-state index is 11.8. The number of aryl methyl sites for hydroxylation is 1. The molecule has 1 fully saturated rings. The molecule has 3 N–H and O–H groups in total. The Kier molecular flexibility index (Phi) is 7.06. The van der Waals surface area contributed by atoms with Crippen LogP contribution >= 0.6 is 0 Å². The molecule has 134 valence electrons. The third-order valence-electron chi connectivity index (χ3n) is 4.71. The standard InChI is InChI=1S/C19H32N4O/c1-15(2)18(20)19(24)21-8-5-9-22-10-12-23(13-11-22)17-7-4-6-16(3)14-17/h4,6-7,14-15,18H,5,8-13,20H2,1-3H3,(H,21,24)/t18-/m0/s1. The Morgan fingerprint density at radius 2 is 1.96 bits per heavy atom. The zero-order valence-electron chi connectivity index (χ0n) is 15.3. The average molecular weight is 332 g/mol. The first-order valence-corrected chi connectivity index (χ1v) is 9.04. The Labute approximate surface area is 146 Å². The second kappa shape index (κ2) is 9.04. The lowest BCUT2D eigenvalue weighted by molar-refractivity contribution is -0.123. The normalized spacial score (nSPS) is 17.1. The molecule has 0 bridgehead atoms. The molecule has 0 aliphatic carbocycles. The molecule has 1 aromatic carbocycles. The van der Waals surface area contributed by atoms with Gasteiger partial charge >= 0.3 is 0 Å². The number of amides is 1. The molecule has 2 rings (SSSR count). The van der Waals surface area contributed by atoms with E-state index in [9.17, 15) is 4.79 Å². The number of carbonyl (C=O) groups is 1. The van der Waals surface area contributed by atoms with Crippen LogP contribution in [0.5, 0.6) is 0 Å². The second-order valence-electron chi connectivity index (χ2n) is 7.08. The molecule has 0 spiro atoms. The van der Waals surface area contributed by atoms with Crippen molar-refractivity contribution in [3.63, 3.8) is 0 Å². The average Bonchev–Trinajstić information content (AvgIpc) is 2.58. The molecule has 1 heterocycles. The lowest BCUT2D eigenvalue weighted by Crippen LogP contribution is -2.47. The smallest absolute Gasteiger partial charge is 0.237 e. The van der Waals surface area contributed by atoms with Crippen LogP contribution in [0.3, 0.4) is 0 Å². The van der Waals surface area contributed by atoms with E-state index in [4.69, 9.17) is 5.73 Å². The van der Waals surface area contributed by atoms with E-state index in [-0.39, 0.29) is 11.8 Å². The minimum absolute atomic E-state index is 0.0331. The van der Waals surface area contributed by atoms with Gasteiger partial charge in [0.2, 0.25) is 5.91 Å². The molecule has 1 aliphatic heterocycles. The van der Waals surface area contributed by atoms with E-state index in [1.807, 2.05) is 13.8 Å². The van der Waals surface area contributed by atoms with Crippen LogP contribution in [0, 0.1) is 12.8 Å². The summed E-state index contributed by atoms with van der Waals surface area (Å²) in [5.74, 6) is 0.147. The Hall–Kier alpha value is -1.59. The number of rotatable bonds is 7. The van der Waals surface area contributed by atoms with Gasteiger partial charge in [-0.2, -0.15) is 0 Å². The van der Waals surface area contributed by atoms with E-state index < -0.39 is 6.04 Å². The summed E-state index contributed by atoms with van der Waals surface area (Å²) < 4.78 is 0. The number of piperazine rings is 1. The zero-order valence-corrected chi connectivity index (χ0v) is 15.3. The molecule has 0 unspecified atom stereocenters. The van der Waals surface area contributed by atoms with Gasteiger partial charge < -0.3 is 16.0 Å². The fourth-order valence-corrected chi connectivity index (χ4v) is 2.99. The summed E-state index contributed by atoms with van der Waals surface area (Å²) in [5, 5.41) is 2.94. The van der Waals surface area contributed by atoms with Gasteiger partial charge in [0.25, 0.3) is 0 Å². The molecule has 24 heavy (non-hydrogen) atoms. The predicted octanol–water partition coefficient (Wildman–Crippen LogP) is 1.61. The van der Waals surface area contributed by atoms with Crippen LogP contribution in [0.2, 0.25) is 0 Å². The topological polar surface area (TPSA) is 61.6 Å². The van der Waals surface area contributed by atoms with Crippen molar-refractivity contribution >= 4 is 11.6 Å². The third kappa shape index (κ3) is 5.49. The molecule has 1 saturated heterocycles. The fraction of sp³-hybridized carbons (Fsp3) is 0.632. The van der Waals surface area contributed by atoms with Crippen molar-refractivity contribution in [1.82, 2.24) is 10.2 Å². The highest BCUT2D eigenvalue weighted by Crippen LogP contribution is 2.17. The van der Waals surface area contributed by atoms with Crippen molar-refractivity contribution in [2.45, 2.75) is 33.2 Å². The third-order valence-corrected chi connectivity index (χ3v) is 4.71. The first-order valence-electron chi connectivity index (χ1n) is 9.04. The summed E-state index contributed by atoms with van der Waals surface area (Å²) >= 11 is 0. The van der Waals surface area contributed by atoms with E-state index in [2.05, 4.69) is 46.3 Å². The lowest BCUT2D eigenvalue weighted by atomic mass is 10.1. The van der Waals surface area contributed by atoms with Crippen LogP contribution in [-0.2, 0) is 4.79 Å². The SMILES string of the molecule is Cc1cccc(N2CCN(CCCNC(=O)[C@@H](N)C(C)C)CC2)c1. The van der Waals surface area contributed by atoms with Crippen molar-refractivity contribution in [3.05, 3.63) is 29.8 Å². The van der Waals surface area contributed by atoms with Gasteiger partial charge in [0, 0.05) is 38.4 Å². The van der Waals surface area contributed by atoms with Gasteiger partial charge in [0.1, 0.15) is 0 Å². The van der Waals surface area contributed by atoms with Crippen LogP contribution in [0.25, 0.3) is 0 Å². The number of hydrogen-bond acceptors (Lipinski definition) is 4. The number of nitrogens with one attached hydrogen (secondary N) is 1. The largest absolute Gasteiger partial charge is 0.369 e. The van der Waals surface area contributed by atoms with Crippen LogP contribution in [0.1, 0.15) is 25.8 Å². The first kappa shape index (κ1) is 18.7. The molecule has 0 saturated carbocycles. The lowest BCUT2D eigenvalue weighted by Gasteiger charge is -2.36. The van der Waals surface area contributed by atoms with Gasteiger partial charge in [-0.3, -0.25) is 9.69 Å². The quantitative estimate of drug-likeness (QED) is 0.745. The Morgan fingerprint density at radius 3 is 2.58 bits per heavy atom. The van der Waals surface area contributed by atoms with E-state index in [0.717, 1.165) is 39.1 Å². The number of anilines is 1. The summed E-state index contributed by atoms with van der Waals surface area (Å²) in [7, 11) is 0. The molecular weight excluding hydrogens is 300 g/mol. The van der Waals surface area contributed by atoms with Crippen molar-refractivity contribution in [2.75, 3.05) is 44.2 Å². The minimum Gasteiger partial charge on any atom is -0.369 e. The van der Waals surface area contributed by atoms with Crippen LogP contribution < -0.4 is 16.0 Å². The van der Waals surface area contributed by atoms with Crippen LogP contribution in [0.4, 0.5) is 5.69 Å². The van der Waals surface area contributed by atoms with Gasteiger partial charge in [-0.1, -0.05) is 26.0 Å². The molecular formula is C19H32N4O. The van der Waals surface area contributed by atoms with Gasteiger partial charge in [0.05, 0.1) is 6.04 Å². The maximum atomic E-state index is 11.8. The van der Waals surface area contributed by atoms with Crippen molar-refractivity contribution in [1.29, 1.82) is 0 Å². The predicted molar refractivity (Wildman–Crippen MR) is 100 cm³/mol. The summed E-state index contributed by atoms with van der Waals surface area (Å²) in [6, 6.07) is 8.31. The summed E-state index contributed by atoms with van der Waals surface area (Å²) in [5.41, 5.74) is 8.47. The Bertz CT molecular complexity index is 524. The van der Waals surface area contributed by atoms with Crippen LogP contribution in [-0.4, -0.2) is 56.1 Å². The number of benzene rings is 1. The minimum atomic E-state index is -0.400. The monoisotopic (exact) mass is 332 g/mol. The first-order chi connectivity index (χ1) is 11.5. The second-order valence-corrected chi connectivity index (χ2v) is 7.08. The van der Waals surface area contributed by atoms with Gasteiger partial charge in [-0.15, -0.1) is 0 Å².